The molecule has 0 heterocycles. The first-order chi connectivity index (χ1) is 30.0. The Morgan fingerprint density at radius 3 is 1.00 bits per heavy atom. The van der Waals surface area contributed by atoms with E-state index in [0.29, 0.717) is 19.3 Å². The number of esters is 3. The minimum absolute atomic E-state index is 0.0888. The van der Waals surface area contributed by atoms with E-state index in [1.807, 2.05) is 0 Å². The van der Waals surface area contributed by atoms with E-state index < -0.39 is 6.10 Å². The molecule has 0 aromatic heterocycles. The van der Waals surface area contributed by atoms with Gasteiger partial charge in [0.1, 0.15) is 13.2 Å². The molecule has 0 bridgehead atoms. The van der Waals surface area contributed by atoms with Crippen molar-refractivity contribution in [2.45, 2.75) is 258 Å². The molecule has 0 aliphatic heterocycles. The third kappa shape index (κ3) is 48.0. The van der Waals surface area contributed by atoms with Gasteiger partial charge in [0, 0.05) is 19.3 Å². The second-order valence-corrected chi connectivity index (χ2v) is 17.1. The third-order valence-corrected chi connectivity index (χ3v) is 11.0. The van der Waals surface area contributed by atoms with Crippen LogP contribution < -0.4 is 0 Å². The van der Waals surface area contributed by atoms with Gasteiger partial charge in [-0.15, -0.1) is 0 Å². The fourth-order valence-corrected chi connectivity index (χ4v) is 7.01. The second kappa shape index (κ2) is 49.8. The number of hydrogen-bond donors (Lipinski definition) is 0. The number of carbonyl (C=O) groups excluding carboxylic acids is 3. The number of rotatable bonds is 46. The zero-order chi connectivity index (χ0) is 44.4. The molecular formula is C55H96O6. The molecule has 0 saturated heterocycles. The number of carbonyl (C=O) groups is 3. The molecule has 1 atom stereocenters. The quantitative estimate of drug-likeness (QED) is 0.0263. The molecule has 0 aromatic carbocycles. The van der Waals surface area contributed by atoms with Gasteiger partial charge >= 0.3 is 17.9 Å². The first-order valence-corrected chi connectivity index (χ1v) is 25.8. The van der Waals surface area contributed by atoms with Crippen LogP contribution >= 0.6 is 0 Å². The number of unbranched alkanes of at least 4 members (excludes halogenated alkanes) is 25. The van der Waals surface area contributed by atoms with E-state index in [2.05, 4.69) is 81.5 Å². The molecule has 0 rings (SSSR count). The van der Waals surface area contributed by atoms with Crippen LogP contribution in [0.4, 0.5) is 0 Å². The van der Waals surface area contributed by atoms with E-state index in [-0.39, 0.29) is 31.1 Å². The van der Waals surface area contributed by atoms with E-state index in [1.54, 1.807) is 0 Å². The first-order valence-electron chi connectivity index (χ1n) is 25.8. The highest BCUT2D eigenvalue weighted by Gasteiger charge is 2.19. The van der Waals surface area contributed by atoms with Gasteiger partial charge in [-0.3, -0.25) is 14.4 Å². The average Bonchev–Trinajstić information content (AvgIpc) is 3.26. The summed E-state index contributed by atoms with van der Waals surface area (Å²) in [6.45, 7) is 6.53. The molecule has 0 spiro atoms. The largest absolute Gasteiger partial charge is 0.462 e. The van der Waals surface area contributed by atoms with E-state index in [4.69, 9.17) is 14.2 Å². The molecule has 0 aliphatic rings. The maximum absolute atomic E-state index is 12.8. The minimum atomic E-state index is -0.789. The lowest BCUT2D eigenvalue weighted by atomic mass is 10.1. The summed E-state index contributed by atoms with van der Waals surface area (Å²) >= 11 is 0. The van der Waals surface area contributed by atoms with Crippen molar-refractivity contribution in [3.63, 3.8) is 0 Å². The van der Waals surface area contributed by atoms with E-state index in [9.17, 15) is 14.4 Å². The van der Waals surface area contributed by atoms with E-state index in [1.165, 1.54) is 103 Å². The molecule has 6 heteroatoms. The molecule has 0 saturated carbocycles. The van der Waals surface area contributed by atoms with Gasteiger partial charge < -0.3 is 14.2 Å². The van der Waals surface area contributed by atoms with Crippen molar-refractivity contribution in [1.29, 1.82) is 0 Å². The normalized spacial score (nSPS) is 12.5. The van der Waals surface area contributed by atoms with Gasteiger partial charge in [0.25, 0.3) is 0 Å². The van der Waals surface area contributed by atoms with Gasteiger partial charge in [0.15, 0.2) is 6.10 Å². The zero-order valence-electron chi connectivity index (χ0n) is 40.2. The van der Waals surface area contributed by atoms with E-state index in [0.717, 1.165) is 109 Å². The summed E-state index contributed by atoms with van der Waals surface area (Å²) in [7, 11) is 0. The Hall–Kier alpha value is -2.89. The van der Waals surface area contributed by atoms with Gasteiger partial charge in [0.05, 0.1) is 0 Å². The summed E-state index contributed by atoms with van der Waals surface area (Å²) < 4.78 is 16.8. The van der Waals surface area contributed by atoms with Crippen LogP contribution in [0.2, 0.25) is 0 Å². The molecular weight excluding hydrogens is 757 g/mol. The third-order valence-electron chi connectivity index (χ3n) is 11.0. The molecule has 0 aromatic rings. The zero-order valence-corrected chi connectivity index (χ0v) is 40.2. The summed E-state index contributed by atoms with van der Waals surface area (Å²) in [6, 6.07) is 0. The Kier molecular flexibility index (Phi) is 47.4. The Morgan fingerprint density at radius 2 is 0.607 bits per heavy atom. The molecule has 0 fully saturated rings. The van der Waals surface area contributed by atoms with Gasteiger partial charge in [-0.25, -0.2) is 0 Å². The number of ether oxygens (including phenoxy) is 3. The maximum atomic E-state index is 12.8. The Labute approximate surface area is 377 Å². The van der Waals surface area contributed by atoms with Crippen LogP contribution in [0.25, 0.3) is 0 Å². The van der Waals surface area contributed by atoms with Crippen LogP contribution in [0.15, 0.2) is 60.8 Å². The van der Waals surface area contributed by atoms with Crippen molar-refractivity contribution in [3.8, 4) is 0 Å². The van der Waals surface area contributed by atoms with Crippen molar-refractivity contribution in [1.82, 2.24) is 0 Å². The summed E-state index contributed by atoms with van der Waals surface area (Å²) in [6.07, 6.45) is 60.5. The molecule has 0 unspecified atom stereocenters. The molecule has 0 radical (unpaired) electrons. The first kappa shape index (κ1) is 58.1. The average molecular weight is 853 g/mol. The van der Waals surface area contributed by atoms with Crippen LogP contribution in [0, 0.1) is 0 Å². The molecule has 6 nitrogen and oxygen atoms in total. The van der Waals surface area contributed by atoms with Crippen LogP contribution in [0.3, 0.4) is 0 Å². The Morgan fingerprint density at radius 1 is 0.328 bits per heavy atom. The second-order valence-electron chi connectivity index (χ2n) is 17.1. The summed E-state index contributed by atoms with van der Waals surface area (Å²) in [5, 5.41) is 0. The van der Waals surface area contributed by atoms with Crippen LogP contribution in [0.1, 0.15) is 252 Å². The lowest BCUT2D eigenvalue weighted by Gasteiger charge is -2.18. The molecule has 352 valence electrons. The fourth-order valence-electron chi connectivity index (χ4n) is 7.01. The summed E-state index contributed by atoms with van der Waals surface area (Å²) in [5.74, 6) is -0.922. The topological polar surface area (TPSA) is 78.9 Å². The minimum Gasteiger partial charge on any atom is -0.462 e. The van der Waals surface area contributed by atoms with Crippen LogP contribution in [-0.4, -0.2) is 37.2 Å². The van der Waals surface area contributed by atoms with Crippen LogP contribution in [-0.2, 0) is 28.6 Å². The van der Waals surface area contributed by atoms with Gasteiger partial charge in [-0.2, -0.15) is 0 Å². The Bertz CT molecular complexity index is 1120. The highest BCUT2D eigenvalue weighted by Crippen LogP contribution is 2.14. The highest BCUT2D eigenvalue weighted by molar-refractivity contribution is 5.71. The van der Waals surface area contributed by atoms with Gasteiger partial charge in [0.2, 0.25) is 0 Å². The smallest absolute Gasteiger partial charge is 0.306 e. The monoisotopic (exact) mass is 853 g/mol. The van der Waals surface area contributed by atoms with Gasteiger partial charge in [-0.1, -0.05) is 191 Å². The number of hydrogen-bond acceptors (Lipinski definition) is 6. The molecule has 0 amide bonds. The molecule has 61 heavy (non-hydrogen) atoms. The van der Waals surface area contributed by atoms with Crippen molar-refractivity contribution in [2.75, 3.05) is 13.2 Å². The lowest BCUT2D eigenvalue weighted by Crippen LogP contribution is -2.30. The molecule has 0 N–H and O–H groups in total. The predicted molar refractivity (Wildman–Crippen MR) is 261 cm³/mol. The van der Waals surface area contributed by atoms with Crippen molar-refractivity contribution >= 4 is 17.9 Å². The van der Waals surface area contributed by atoms with Crippen molar-refractivity contribution in [3.05, 3.63) is 60.8 Å². The Balaban J connectivity index is 4.44. The summed E-state index contributed by atoms with van der Waals surface area (Å²) in [5.41, 5.74) is 0. The molecule has 0 aliphatic carbocycles. The number of allylic oxidation sites excluding steroid dienone is 10. The van der Waals surface area contributed by atoms with E-state index >= 15 is 0 Å². The summed E-state index contributed by atoms with van der Waals surface area (Å²) in [4.78, 5) is 38.0. The van der Waals surface area contributed by atoms with Crippen LogP contribution in [0.5, 0.6) is 0 Å². The predicted octanol–water partition coefficient (Wildman–Crippen LogP) is 16.9. The van der Waals surface area contributed by atoms with Gasteiger partial charge in [-0.05, 0) is 103 Å². The standard InChI is InChI=1S/C55H96O6/c1-4-7-10-13-16-19-22-25-28-31-33-36-39-42-45-48-54(57)60-51-52(61-55(58)49-46-43-40-37-34-30-27-24-21-18-15-12-9-6-3)50-59-53(56)47-44-41-38-35-32-29-26-23-20-17-14-11-8-5-2/h15-16,18-19,23-28,52H,4-14,17,20-22,29-51H2,1-3H3/b18-15-,19-16-,26-23-,27-24-,28-25-/t52-/m1/s1. The maximum Gasteiger partial charge on any atom is 0.306 e. The van der Waals surface area contributed by atoms with Crippen molar-refractivity contribution < 1.29 is 28.6 Å². The fraction of sp³-hybridized carbons (Fsp3) is 0.764. The van der Waals surface area contributed by atoms with Crippen molar-refractivity contribution in [2.24, 2.45) is 0 Å². The SMILES string of the molecule is CCCC/C=C\C/C=C\CCCCCCCC(=O)O[C@@H](COC(=O)CCCCCCC/C=C\C/C=C\CCCCC)COC(=O)CCCCCCC/C=C\CCCCCCC. The lowest BCUT2D eigenvalue weighted by molar-refractivity contribution is -0.167. The highest BCUT2D eigenvalue weighted by atomic mass is 16.6.